The number of hydrogen-bond acceptors (Lipinski definition) is 9. The van der Waals surface area contributed by atoms with E-state index in [0.717, 1.165) is 69.5 Å². The molecule has 0 spiro atoms. The summed E-state index contributed by atoms with van der Waals surface area (Å²) in [6.07, 6.45) is 10.6. The van der Waals surface area contributed by atoms with Crippen LogP contribution in [-0.2, 0) is 27.5 Å². The van der Waals surface area contributed by atoms with Crippen LogP contribution >= 0.6 is 0 Å². The van der Waals surface area contributed by atoms with Crippen LogP contribution in [0.3, 0.4) is 0 Å². The Morgan fingerprint density at radius 1 is 0.786 bits per heavy atom. The molecule has 10 nitrogen and oxygen atoms in total. The van der Waals surface area contributed by atoms with Gasteiger partial charge in [-0.3, -0.25) is 4.90 Å². The van der Waals surface area contributed by atoms with Crippen molar-refractivity contribution in [1.29, 1.82) is 0 Å². The fraction of sp³-hybridized carbons (Fsp3) is 0.333. The molecule has 10 heteroatoms. The van der Waals surface area contributed by atoms with E-state index in [-0.39, 0.29) is 63.8 Å². The number of fused-ring (bicyclic) bond motifs is 4. The summed E-state index contributed by atoms with van der Waals surface area (Å²) in [7, 11) is 0. The lowest BCUT2D eigenvalue weighted by atomic mass is 9.55. The van der Waals surface area contributed by atoms with Gasteiger partial charge in [0.25, 0.3) is 0 Å². The average molecular weight is 941 g/mol. The van der Waals surface area contributed by atoms with Crippen molar-refractivity contribution in [1.82, 2.24) is 4.90 Å². The fourth-order valence-electron chi connectivity index (χ4n) is 11.1. The van der Waals surface area contributed by atoms with Gasteiger partial charge in [0, 0.05) is 31.1 Å². The average Bonchev–Trinajstić information content (AvgIpc) is 3.39. The van der Waals surface area contributed by atoms with Crippen molar-refractivity contribution in [3.8, 4) is 17.2 Å². The number of carbonyl (C=O) groups excluding carboxylic acids is 1. The molecule has 0 radical (unpaired) electrons. The Morgan fingerprint density at radius 3 is 2.31 bits per heavy atom. The van der Waals surface area contributed by atoms with Gasteiger partial charge in [0.2, 0.25) is 5.79 Å². The summed E-state index contributed by atoms with van der Waals surface area (Å²) in [6.45, 7) is 8.89. The van der Waals surface area contributed by atoms with Crippen molar-refractivity contribution in [3.63, 3.8) is 0 Å². The standard InChI is InChI=1S/C60H64N2O8/c1-3-5-35-66-59(65)62(40-47-25-17-24-44-21-11-12-26-50(44)47)56-39-54(61-68-41-42-18-7-6-8-19-42)52-37-46(23-13-15-32-63)51(27-14-16-33-64)57-53-38-49(69-48-29-28-43-20-9-10-22-45(43)36-48)30-31-55(53)70-60(56,58(52)57)67-34-4-2/h3-4,6-12,17-22,24-26,28-31,36-38,46,51,56-58,63-64H,1-2,5,13-16,23,27,32-35,39-41H2. The minimum absolute atomic E-state index is 0.0283. The van der Waals surface area contributed by atoms with Gasteiger partial charge in [-0.25, -0.2) is 4.79 Å². The van der Waals surface area contributed by atoms with Gasteiger partial charge >= 0.3 is 6.09 Å². The summed E-state index contributed by atoms with van der Waals surface area (Å²) >= 11 is 0. The number of allylic oxidation sites excluding steroid dienone is 1. The third kappa shape index (κ3) is 10.4. The van der Waals surface area contributed by atoms with E-state index < -0.39 is 23.8 Å². The molecule has 0 bridgehead atoms. The van der Waals surface area contributed by atoms with Crippen molar-refractivity contribution in [3.05, 3.63) is 187 Å². The number of rotatable bonds is 22. The maximum absolute atomic E-state index is 15.1. The van der Waals surface area contributed by atoms with Gasteiger partial charge in [0.1, 0.15) is 29.9 Å². The van der Waals surface area contributed by atoms with Crippen molar-refractivity contribution >= 4 is 33.3 Å². The molecule has 6 aromatic carbocycles. The lowest BCUT2D eigenvalue weighted by Crippen LogP contribution is -2.70. The number of ether oxygens (including phenoxy) is 4. The number of carbonyl (C=O) groups is 1. The zero-order valence-corrected chi connectivity index (χ0v) is 39.9. The number of aliphatic hydroxyl groups is 2. The molecule has 6 unspecified atom stereocenters. The van der Waals surface area contributed by atoms with E-state index >= 15 is 4.79 Å². The smallest absolute Gasteiger partial charge is 0.410 e. The summed E-state index contributed by atoms with van der Waals surface area (Å²) in [6, 6.07) is 43.9. The van der Waals surface area contributed by atoms with E-state index in [1.165, 1.54) is 0 Å². The van der Waals surface area contributed by atoms with Crippen LogP contribution in [0.1, 0.15) is 74.0 Å². The van der Waals surface area contributed by atoms with Crippen molar-refractivity contribution in [2.24, 2.45) is 22.9 Å². The molecule has 2 N–H and O–H groups in total. The largest absolute Gasteiger partial charge is 0.459 e. The highest BCUT2D eigenvalue weighted by Gasteiger charge is 2.65. The number of nitrogens with zero attached hydrogens (tertiary/aromatic N) is 2. The summed E-state index contributed by atoms with van der Waals surface area (Å²) in [5.41, 5.74) is 4.53. The molecule has 2 aliphatic carbocycles. The van der Waals surface area contributed by atoms with Crippen LogP contribution in [0.2, 0.25) is 0 Å². The number of oxime groups is 1. The molecular weight excluding hydrogens is 877 g/mol. The van der Waals surface area contributed by atoms with E-state index in [9.17, 15) is 10.2 Å². The van der Waals surface area contributed by atoms with Crippen molar-refractivity contribution < 1.29 is 38.8 Å². The Kier molecular flexibility index (Phi) is 15.7. The first kappa shape index (κ1) is 48.3. The second-order valence-corrected chi connectivity index (χ2v) is 18.6. The highest BCUT2D eigenvalue weighted by Crippen LogP contribution is 2.62. The Morgan fingerprint density at radius 2 is 1.51 bits per heavy atom. The van der Waals surface area contributed by atoms with Crippen molar-refractivity contribution in [2.45, 2.75) is 82.3 Å². The fourth-order valence-corrected chi connectivity index (χ4v) is 11.1. The molecular formula is C60H64N2O8. The molecule has 1 saturated carbocycles. The molecule has 362 valence electrons. The lowest BCUT2D eigenvalue weighted by molar-refractivity contribution is -0.256. The Bertz CT molecular complexity index is 2820. The van der Waals surface area contributed by atoms with Crippen LogP contribution in [0.5, 0.6) is 17.2 Å². The Balaban J connectivity index is 1.25. The van der Waals surface area contributed by atoms with Crippen LogP contribution in [-0.4, -0.2) is 65.2 Å². The number of amides is 1. The third-order valence-corrected chi connectivity index (χ3v) is 14.2. The predicted octanol–water partition coefficient (Wildman–Crippen LogP) is 12.8. The molecule has 70 heavy (non-hydrogen) atoms. The van der Waals surface area contributed by atoms with Gasteiger partial charge in [0.15, 0.2) is 0 Å². The first-order valence-electron chi connectivity index (χ1n) is 24.9. The van der Waals surface area contributed by atoms with E-state index in [1.807, 2.05) is 78.9 Å². The first-order valence-corrected chi connectivity index (χ1v) is 24.9. The quantitative estimate of drug-likeness (QED) is 0.0392. The van der Waals surface area contributed by atoms with Gasteiger partial charge in [-0.2, -0.15) is 0 Å². The second kappa shape index (κ2) is 22.8. The minimum Gasteiger partial charge on any atom is -0.459 e. The molecule has 1 aliphatic heterocycles. The molecule has 9 rings (SSSR count). The van der Waals surface area contributed by atoms with Gasteiger partial charge in [0.05, 0.1) is 31.4 Å². The van der Waals surface area contributed by atoms with E-state index in [2.05, 4.69) is 73.8 Å². The highest BCUT2D eigenvalue weighted by atomic mass is 16.7. The Labute approximate surface area is 411 Å². The number of hydrogen-bond donors (Lipinski definition) is 2. The van der Waals surface area contributed by atoms with Crippen LogP contribution in [0, 0.1) is 17.8 Å². The summed E-state index contributed by atoms with van der Waals surface area (Å²) in [5, 5.41) is 29.5. The number of unbranched alkanes of at least 4 members (excludes halogenated alkanes) is 2. The van der Waals surface area contributed by atoms with Gasteiger partial charge in [-0.15, -0.1) is 13.2 Å². The summed E-state index contributed by atoms with van der Waals surface area (Å²) in [4.78, 5) is 23.2. The van der Waals surface area contributed by atoms with E-state index in [0.29, 0.717) is 42.2 Å². The maximum atomic E-state index is 15.1. The second-order valence-electron chi connectivity index (χ2n) is 18.6. The summed E-state index contributed by atoms with van der Waals surface area (Å²) in [5.74, 6) is -0.148. The van der Waals surface area contributed by atoms with Gasteiger partial charge in [-0.1, -0.05) is 139 Å². The highest BCUT2D eigenvalue weighted by molar-refractivity contribution is 6.03. The van der Waals surface area contributed by atoms with E-state index in [4.69, 9.17) is 28.9 Å². The van der Waals surface area contributed by atoms with E-state index in [1.54, 1.807) is 17.1 Å². The molecule has 1 heterocycles. The zero-order valence-electron chi connectivity index (χ0n) is 39.9. The van der Waals surface area contributed by atoms with Crippen LogP contribution < -0.4 is 9.47 Å². The first-order chi connectivity index (χ1) is 34.4. The number of aliphatic hydroxyl groups excluding tert-OH is 2. The van der Waals surface area contributed by atoms with Gasteiger partial charge in [-0.05, 0) is 113 Å². The molecule has 0 saturated heterocycles. The minimum atomic E-state index is -1.48. The van der Waals surface area contributed by atoms with Crippen LogP contribution in [0.15, 0.2) is 176 Å². The van der Waals surface area contributed by atoms with Crippen LogP contribution in [0.4, 0.5) is 4.79 Å². The normalized spacial score (nSPS) is 21.8. The molecule has 1 fully saturated rings. The lowest BCUT2D eigenvalue weighted by Gasteiger charge is -2.59. The molecule has 1 amide bonds. The van der Waals surface area contributed by atoms with Gasteiger partial charge < -0.3 is 34.0 Å². The third-order valence-electron chi connectivity index (χ3n) is 14.2. The topological polar surface area (TPSA) is 119 Å². The maximum Gasteiger partial charge on any atom is 0.410 e. The van der Waals surface area contributed by atoms with Crippen molar-refractivity contribution in [2.75, 3.05) is 26.4 Å². The zero-order chi connectivity index (χ0) is 48.3. The molecule has 0 aromatic heterocycles. The molecule has 6 atom stereocenters. The summed E-state index contributed by atoms with van der Waals surface area (Å²) < 4.78 is 27.7. The predicted molar refractivity (Wildman–Crippen MR) is 276 cm³/mol. The molecule has 6 aromatic rings. The van der Waals surface area contributed by atoms with Crippen LogP contribution in [0.25, 0.3) is 21.5 Å². The number of benzene rings is 6. The molecule has 3 aliphatic rings. The monoisotopic (exact) mass is 940 g/mol. The SMILES string of the molecule is C=CCCOC(=O)N(Cc1cccc2ccccc12)C1CC(=NOCc2ccccc2)C2=CC(CCCCO)C(CCCCO)C3c4cc(Oc5ccc6ccccc6c5)ccc4OC1(OCC=C)C23. The Hall–Kier alpha value is -6.72.